The molecular weight excluding hydrogens is 782 g/mol. The third-order valence-corrected chi connectivity index (χ3v) is 14.0. The second kappa shape index (κ2) is 20.3. The summed E-state index contributed by atoms with van der Waals surface area (Å²) in [6.07, 6.45) is -11.1. The van der Waals surface area contributed by atoms with Crippen LogP contribution in [0.15, 0.2) is 0 Å². The Hall–Kier alpha value is -1.87. The fourth-order valence-corrected chi connectivity index (χ4v) is 9.78. The normalized spacial score (nSPS) is 46.1. The average molecular weight is 860 g/mol. The van der Waals surface area contributed by atoms with Crippen molar-refractivity contribution in [3.05, 3.63) is 0 Å². The lowest BCUT2D eigenvalue weighted by Gasteiger charge is -2.49. The zero-order valence-corrected chi connectivity index (χ0v) is 38.3. The Balaban J connectivity index is 1.76. The fourth-order valence-electron chi connectivity index (χ4n) is 9.78. The SMILES string of the molecule is CC[C@H]1OC(=O)[C@H](C)[C@@H](O[C@H]2C[C@@](C)(OC)[C@@H](O)[C@H](C)O2)[C@H](C)[C@@H](O[C@@H]2O[C@H](C)C[C@H](N(C)C(=O)CN3CCN(C)CC3)[C@H]2O)[C@@](C)(O)C[C@@H](C)C(=O)[C@H](C)[C@@H](O)[C@]1(C)O. The van der Waals surface area contributed by atoms with Gasteiger partial charge in [0, 0.05) is 64.5 Å². The number of aliphatic hydroxyl groups is 5. The number of cyclic esters (lactones) is 1. The Morgan fingerprint density at radius 3 is 2.10 bits per heavy atom. The molecule has 0 aliphatic carbocycles. The molecular formula is C43H77N3O14. The van der Waals surface area contributed by atoms with Crippen LogP contribution in [0.1, 0.15) is 94.9 Å². The molecule has 1 amide bonds. The molecule has 4 rings (SSSR count). The van der Waals surface area contributed by atoms with E-state index in [4.69, 9.17) is 28.4 Å². The summed E-state index contributed by atoms with van der Waals surface area (Å²) in [5, 5.41) is 58.7. The summed E-state index contributed by atoms with van der Waals surface area (Å²) < 4.78 is 37.5. The zero-order chi connectivity index (χ0) is 45.2. The summed E-state index contributed by atoms with van der Waals surface area (Å²) >= 11 is 0. The van der Waals surface area contributed by atoms with Crippen LogP contribution < -0.4 is 0 Å². The van der Waals surface area contributed by atoms with E-state index >= 15 is 0 Å². The minimum absolute atomic E-state index is 0.0575. The van der Waals surface area contributed by atoms with Crippen LogP contribution in [0.2, 0.25) is 0 Å². The van der Waals surface area contributed by atoms with E-state index in [1.807, 2.05) is 14.0 Å². The molecule has 0 unspecified atom stereocenters. The van der Waals surface area contributed by atoms with Crippen molar-refractivity contribution in [2.75, 3.05) is 53.9 Å². The van der Waals surface area contributed by atoms with Gasteiger partial charge in [-0.2, -0.15) is 0 Å². The molecule has 17 heteroatoms. The summed E-state index contributed by atoms with van der Waals surface area (Å²) in [6, 6.07) is -0.713. The first-order valence-electron chi connectivity index (χ1n) is 21.9. The number of nitrogens with zero attached hydrogens (tertiary/aromatic N) is 3. The number of methoxy groups -OCH3 is 1. The minimum Gasteiger partial charge on any atom is -0.459 e. The van der Waals surface area contributed by atoms with Crippen LogP contribution in [0.3, 0.4) is 0 Å². The Kier molecular flexibility index (Phi) is 17.2. The number of rotatable bonds is 9. The molecule has 0 aromatic carbocycles. The number of hydrogen-bond donors (Lipinski definition) is 5. The van der Waals surface area contributed by atoms with Gasteiger partial charge >= 0.3 is 5.97 Å². The molecule has 0 saturated carbocycles. The first kappa shape index (κ1) is 50.8. The highest BCUT2D eigenvalue weighted by Crippen LogP contribution is 2.41. The van der Waals surface area contributed by atoms with Crippen LogP contribution in [0.4, 0.5) is 0 Å². The molecule has 4 aliphatic rings. The van der Waals surface area contributed by atoms with Crippen molar-refractivity contribution >= 4 is 17.7 Å². The summed E-state index contributed by atoms with van der Waals surface area (Å²) in [5.41, 5.74) is -5.01. The van der Waals surface area contributed by atoms with Crippen molar-refractivity contribution in [3.63, 3.8) is 0 Å². The molecule has 0 aromatic heterocycles. The van der Waals surface area contributed by atoms with Crippen molar-refractivity contribution in [3.8, 4) is 0 Å². The Labute approximate surface area is 356 Å². The van der Waals surface area contributed by atoms with Crippen molar-refractivity contribution in [1.29, 1.82) is 0 Å². The Bertz CT molecular complexity index is 1450. The van der Waals surface area contributed by atoms with Gasteiger partial charge in [0.1, 0.15) is 29.7 Å². The summed E-state index contributed by atoms with van der Waals surface area (Å²) in [6.45, 7) is 19.5. The summed E-state index contributed by atoms with van der Waals surface area (Å²) in [5.74, 6) is -5.46. The van der Waals surface area contributed by atoms with Crippen LogP contribution in [0, 0.1) is 23.7 Å². The van der Waals surface area contributed by atoms with E-state index in [0.29, 0.717) is 6.42 Å². The molecule has 4 aliphatic heterocycles. The molecule has 348 valence electrons. The number of esters is 1. The van der Waals surface area contributed by atoms with Gasteiger partial charge in [0.2, 0.25) is 5.91 Å². The number of aliphatic hydroxyl groups excluding tert-OH is 3. The van der Waals surface area contributed by atoms with Gasteiger partial charge in [-0.15, -0.1) is 0 Å². The van der Waals surface area contributed by atoms with E-state index in [0.717, 1.165) is 26.2 Å². The van der Waals surface area contributed by atoms with Gasteiger partial charge in [-0.1, -0.05) is 27.7 Å². The fraction of sp³-hybridized carbons (Fsp3) is 0.930. The van der Waals surface area contributed by atoms with E-state index in [-0.39, 0.29) is 31.7 Å². The van der Waals surface area contributed by atoms with Crippen LogP contribution >= 0.6 is 0 Å². The van der Waals surface area contributed by atoms with Gasteiger partial charge < -0.3 is 63.8 Å². The second-order valence-electron chi connectivity index (χ2n) is 19.1. The molecule has 0 aromatic rings. The molecule has 0 radical (unpaired) electrons. The first-order chi connectivity index (χ1) is 27.8. The first-order valence-corrected chi connectivity index (χ1v) is 21.9. The van der Waals surface area contributed by atoms with Crippen LogP contribution in [-0.4, -0.2) is 196 Å². The van der Waals surface area contributed by atoms with Crippen LogP contribution in [-0.2, 0) is 42.8 Å². The van der Waals surface area contributed by atoms with E-state index in [1.54, 1.807) is 48.6 Å². The summed E-state index contributed by atoms with van der Waals surface area (Å²) in [7, 11) is 5.16. The number of carbonyl (C=O) groups is 3. The number of Topliss-reactive ketones (excluding diaryl/α,β-unsaturated/α-hetero) is 1. The van der Waals surface area contributed by atoms with E-state index in [9.17, 15) is 39.9 Å². The number of ketones is 1. The highest BCUT2D eigenvalue weighted by Gasteiger charge is 2.54. The van der Waals surface area contributed by atoms with Crippen LogP contribution in [0.5, 0.6) is 0 Å². The maximum absolute atomic E-state index is 14.3. The van der Waals surface area contributed by atoms with Crippen LogP contribution in [0.25, 0.3) is 0 Å². The van der Waals surface area contributed by atoms with Gasteiger partial charge in [0.25, 0.3) is 0 Å². The van der Waals surface area contributed by atoms with E-state index in [2.05, 4.69) is 9.80 Å². The quantitative estimate of drug-likeness (QED) is 0.204. The molecule has 4 saturated heterocycles. The van der Waals surface area contributed by atoms with Gasteiger partial charge in [-0.3, -0.25) is 19.3 Å². The Morgan fingerprint density at radius 2 is 1.52 bits per heavy atom. The molecule has 5 N–H and O–H groups in total. The predicted octanol–water partition coefficient (Wildman–Crippen LogP) is 0.930. The number of hydrogen-bond acceptors (Lipinski definition) is 16. The lowest BCUT2D eigenvalue weighted by atomic mass is 9.74. The molecule has 18 atom stereocenters. The standard InChI is InChI=1S/C43H77N3O14/c1-14-30-43(10,54)36(50)25(4)33(48)23(2)20-41(8,53)38(26(5)35(27(6)39(52)58-30)59-32-21-42(9,55-13)37(51)28(7)57-32)60-40-34(49)29(19-24(3)56-40)45(12)31(47)22-46-17-15-44(11)16-18-46/h23-30,32,34-38,40,49-51,53-54H,14-22H2,1-13H3/t23-,24-,25+,26+,27-,28+,29+,30-,32+,34-,35+,36-,37+,38-,40+,41+,42-,43-/m1/s1. The van der Waals surface area contributed by atoms with Crippen molar-refractivity contribution in [1.82, 2.24) is 14.7 Å². The van der Waals surface area contributed by atoms with Crippen molar-refractivity contribution in [2.45, 2.75) is 179 Å². The van der Waals surface area contributed by atoms with Gasteiger partial charge in [-0.25, -0.2) is 0 Å². The number of ether oxygens (including phenoxy) is 6. The molecule has 60 heavy (non-hydrogen) atoms. The van der Waals surface area contributed by atoms with E-state index < -0.39 is 120 Å². The number of carbonyl (C=O) groups excluding carboxylic acids is 3. The van der Waals surface area contributed by atoms with Crippen molar-refractivity contribution in [2.24, 2.45) is 23.7 Å². The smallest absolute Gasteiger partial charge is 0.311 e. The molecule has 0 bridgehead atoms. The Morgan fingerprint density at radius 1 is 0.900 bits per heavy atom. The highest BCUT2D eigenvalue weighted by molar-refractivity contribution is 5.83. The lowest BCUT2D eigenvalue weighted by molar-refractivity contribution is -0.317. The predicted molar refractivity (Wildman–Crippen MR) is 219 cm³/mol. The topological polar surface area (TPSA) is 217 Å². The zero-order valence-electron chi connectivity index (χ0n) is 38.3. The number of amides is 1. The van der Waals surface area contributed by atoms with Crippen molar-refractivity contribution < 1.29 is 68.3 Å². The third-order valence-electron chi connectivity index (χ3n) is 14.0. The number of likely N-dealkylation sites (N-methyl/N-ethyl adjacent to an activating group) is 2. The lowest BCUT2D eigenvalue weighted by Crippen LogP contribution is -2.62. The molecule has 17 nitrogen and oxygen atoms in total. The summed E-state index contributed by atoms with van der Waals surface area (Å²) in [4.78, 5) is 47.7. The largest absolute Gasteiger partial charge is 0.459 e. The second-order valence-corrected chi connectivity index (χ2v) is 19.1. The maximum Gasteiger partial charge on any atom is 0.311 e. The van der Waals surface area contributed by atoms with E-state index in [1.165, 1.54) is 32.8 Å². The highest BCUT2D eigenvalue weighted by atomic mass is 16.7. The maximum atomic E-state index is 14.3. The molecule has 0 spiro atoms. The third kappa shape index (κ3) is 11.3. The number of piperazine rings is 1. The van der Waals surface area contributed by atoms with Gasteiger partial charge in [-0.05, 0) is 67.9 Å². The molecule has 4 heterocycles. The minimum atomic E-state index is -2.03. The monoisotopic (exact) mass is 860 g/mol. The molecule has 4 fully saturated rings. The average Bonchev–Trinajstić information content (AvgIpc) is 3.19. The van der Waals surface area contributed by atoms with Gasteiger partial charge in [0.15, 0.2) is 12.6 Å². The van der Waals surface area contributed by atoms with Gasteiger partial charge in [0.05, 0.1) is 60.2 Å².